The molecule has 0 saturated heterocycles. The summed E-state index contributed by atoms with van der Waals surface area (Å²) in [6.45, 7) is 1.98. The molecular weight excluding hydrogens is 342 g/mol. The molecular formula is C19H21N7O. The molecule has 8 nitrogen and oxygen atoms in total. The lowest BCUT2D eigenvalue weighted by Gasteiger charge is -2.34. The van der Waals surface area contributed by atoms with Crippen molar-refractivity contribution in [3.05, 3.63) is 36.4 Å². The van der Waals surface area contributed by atoms with Crippen molar-refractivity contribution in [3.63, 3.8) is 0 Å². The molecule has 4 aromatic rings. The van der Waals surface area contributed by atoms with Gasteiger partial charge in [0.25, 0.3) is 0 Å². The first-order valence-electron chi connectivity index (χ1n) is 9.06. The van der Waals surface area contributed by atoms with E-state index in [4.69, 9.17) is 9.72 Å². The Labute approximate surface area is 156 Å². The van der Waals surface area contributed by atoms with E-state index in [0.29, 0.717) is 18.1 Å². The fraction of sp³-hybridized carbons (Fsp3) is 0.368. The monoisotopic (exact) mass is 363 g/mol. The third-order valence-corrected chi connectivity index (χ3v) is 5.39. The number of fused-ring (bicyclic) bond motifs is 2. The van der Waals surface area contributed by atoms with Crippen LogP contribution in [0.5, 0.6) is 0 Å². The summed E-state index contributed by atoms with van der Waals surface area (Å²) in [4.78, 5) is 13.8. The zero-order chi connectivity index (χ0) is 18.5. The number of ether oxygens (including phenoxy) is 1. The first-order valence-corrected chi connectivity index (χ1v) is 9.06. The SMILES string of the molecule is CO[C@H]1C[C@@H](Nc2ncc3c(-c4ccc5nc(C)n(C)c5n4)ccn3n2)C1. The van der Waals surface area contributed by atoms with Gasteiger partial charge in [0.2, 0.25) is 5.95 Å². The summed E-state index contributed by atoms with van der Waals surface area (Å²) < 4.78 is 9.16. The molecule has 1 N–H and O–H groups in total. The van der Waals surface area contributed by atoms with Crippen LogP contribution >= 0.6 is 0 Å². The van der Waals surface area contributed by atoms with Gasteiger partial charge in [0.05, 0.1) is 23.5 Å². The maximum Gasteiger partial charge on any atom is 0.241 e. The number of pyridine rings is 1. The predicted octanol–water partition coefficient (Wildman–Crippen LogP) is 2.58. The summed E-state index contributed by atoms with van der Waals surface area (Å²) >= 11 is 0. The first-order chi connectivity index (χ1) is 13.1. The Morgan fingerprint density at radius 3 is 2.85 bits per heavy atom. The van der Waals surface area contributed by atoms with E-state index in [1.54, 1.807) is 7.11 Å². The van der Waals surface area contributed by atoms with E-state index in [0.717, 1.165) is 46.6 Å². The molecule has 5 rings (SSSR count). The number of nitrogens with zero attached hydrogens (tertiary/aromatic N) is 6. The molecule has 0 radical (unpaired) electrons. The van der Waals surface area contributed by atoms with Crippen molar-refractivity contribution < 1.29 is 4.74 Å². The Morgan fingerprint density at radius 1 is 1.19 bits per heavy atom. The second-order valence-corrected chi connectivity index (χ2v) is 7.07. The van der Waals surface area contributed by atoms with Crippen LogP contribution in [0, 0.1) is 6.92 Å². The quantitative estimate of drug-likeness (QED) is 0.600. The van der Waals surface area contributed by atoms with E-state index >= 15 is 0 Å². The largest absolute Gasteiger partial charge is 0.381 e. The summed E-state index contributed by atoms with van der Waals surface area (Å²) in [5.41, 5.74) is 4.60. The Hall–Kier alpha value is -3.00. The number of nitrogens with one attached hydrogen (secondary N) is 1. The maximum absolute atomic E-state index is 5.32. The summed E-state index contributed by atoms with van der Waals surface area (Å²) in [5.74, 6) is 1.58. The third kappa shape index (κ3) is 2.64. The van der Waals surface area contributed by atoms with Gasteiger partial charge in [-0.1, -0.05) is 0 Å². The molecule has 4 aromatic heterocycles. The van der Waals surface area contributed by atoms with Gasteiger partial charge in [0, 0.05) is 32.0 Å². The maximum atomic E-state index is 5.32. The zero-order valence-corrected chi connectivity index (χ0v) is 15.5. The highest BCUT2D eigenvalue weighted by molar-refractivity contribution is 5.82. The van der Waals surface area contributed by atoms with Gasteiger partial charge in [-0.3, -0.25) is 0 Å². The minimum Gasteiger partial charge on any atom is -0.381 e. The van der Waals surface area contributed by atoms with Crippen LogP contribution in [0.15, 0.2) is 30.6 Å². The number of anilines is 1. The molecule has 0 atom stereocenters. The van der Waals surface area contributed by atoms with Gasteiger partial charge in [-0.15, -0.1) is 5.10 Å². The van der Waals surface area contributed by atoms with Crippen molar-refractivity contribution in [2.75, 3.05) is 12.4 Å². The standard InChI is InChI=1S/C19H21N7O/c1-11-21-16-5-4-15(23-18(16)25(11)2)14-6-7-26-17(14)10-20-19(24-26)22-12-8-13(9-12)27-3/h4-7,10,12-13H,8-9H2,1-3H3,(H,22,24)/t12-,13+. The Morgan fingerprint density at radius 2 is 2.04 bits per heavy atom. The number of hydrogen-bond acceptors (Lipinski definition) is 6. The normalized spacial score (nSPS) is 19.5. The molecule has 4 heterocycles. The molecule has 1 saturated carbocycles. The van der Waals surface area contributed by atoms with Crippen LogP contribution in [-0.4, -0.2) is 48.4 Å². The van der Waals surface area contributed by atoms with Crippen molar-refractivity contribution in [3.8, 4) is 11.3 Å². The van der Waals surface area contributed by atoms with Crippen LogP contribution in [0.2, 0.25) is 0 Å². The molecule has 0 bridgehead atoms. The van der Waals surface area contributed by atoms with Gasteiger partial charge >= 0.3 is 0 Å². The number of methoxy groups -OCH3 is 1. The minimum atomic E-state index is 0.348. The van der Waals surface area contributed by atoms with E-state index in [1.165, 1.54) is 0 Å². The van der Waals surface area contributed by atoms with Gasteiger partial charge in [0.1, 0.15) is 11.3 Å². The number of imidazole rings is 1. The number of aryl methyl sites for hydroxylation is 2. The predicted molar refractivity (Wildman–Crippen MR) is 103 cm³/mol. The number of aromatic nitrogens is 6. The van der Waals surface area contributed by atoms with Crippen LogP contribution in [-0.2, 0) is 11.8 Å². The molecule has 0 amide bonds. The summed E-state index contributed by atoms with van der Waals surface area (Å²) in [6, 6.07) is 6.40. The molecule has 138 valence electrons. The number of hydrogen-bond donors (Lipinski definition) is 1. The van der Waals surface area contributed by atoms with Gasteiger partial charge in [-0.25, -0.2) is 19.5 Å². The summed E-state index contributed by atoms with van der Waals surface area (Å²) in [5, 5.41) is 7.95. The van der Waals surface area contributed by atoms with Gasteiger partial charge in [-0.05, 0) is 38.0 Å². The van der Waals surface area contributed by atoms with Crippen molar-refractivity contribution in [1.82, 2.24) is 29.1 Å². The Balaban J connectivity index is 1.47. The molecule has 0 spiro atoms. The fourth-order valence-corrected chi connectivity index (χ4v) is 3.57. The van der Waals surface area contributed by atoms with Crippen molar-refractivity contribution in [1.29, 1.82) is 0 Å². The van der Waals surface area contributed by atoms with Crippen molar-refractivity contribution in [2.24, 2.45) is 7.05 Å². The highest BCUT2D eigenvalue weighted by Gasteiger charge is 2.29. The van der Waals surface area contributed by atoms with Gasteiger partial charge in [0.15, 0.2) is 5.65 Å². The van der Waals surface area contributed by atoms with Crippen molar-refractivity contribution in [2.45, 2.75) is 31.9 Å². The molecule has 8 heteroatoms. The van der Waals surface area contributed by atoms with Crippen LogP contribution in [0.4, 0.5) is 5.95 Å². The van der Waals surface area contributed by atoms with E-state index in [9.17, 15) is 0 Å². The van der Waals surface area contributed by atoms with E-state index in [-0.39, 0.29) is 0 Å². The second kappa shape index (κ2) is 6.02. The fourth-order valence-electron chi connectivity index (χ4n) is 3.57. The zero-order valence-electron chi connectivity index (χ0n) is 15.5. The molecule has 27 heavy (non-hydrogen) atoms. The second-order valence-electron chi connectivity index (χ2n) is 7.07. The van der Waals surface area contributed by atoms with E-state index in [1.807, 2.05) is 53.6 Å². The average Bonchev–Trinajstić information content (AvgIpc) is 3.18. The lowest BCUT2D eigenvalue weighted by molar-refractivity contribution is 0.0326. The minimum absolute atomic E-state index is 0.348. The van der Waals surface area contributed by atoms with Crippen molar-refractivity contribution >= 4 is 22.6 Å². The lowest BCUT2D eigenvalue weighted by atomic mass is 9.89. The van der Waals surface area contributed by atoms with Crippen LogP contribution in [0.3, 0.4) is 0 Å². The molecule has 1 aliphatic rings. The molecule has 1 aliphatic carbocycles. The third-order valence-electron chi connectivity index (χ3n) is 5.39. The topological polar surface area (TPSA) is 82.2 Å². The van der Waals surface area contributed by atoms with E-state index < -0.39 is 0 Å². The highest BCUT2D eigenvalue weighted by Crippen LogP contribution is 2.27. The molecule has 1 fully saturated rings. The summed E-state index contributed by atoms with van der Waals surface area (Å²) in [6.07, 6.45) is 6.11. The van der Waals surface area contributed by atoms with Gasteiger partial charge < -0.3 is 14.6 Å². The van der Waals surface area contributed by atoms with Crippen LogP contribution in [0.1, 0.15) is 18.7 Å². The summed E-state index contributed by atoms with van der Waals surface area (Å²) in [7, 11) is 3.73. The Kier molecular flexibility index (Phi) is 3.61. The lowest BCUT2D eigenvalue weighted by Crippen LogP contribution is -2.40. The first kappa shape index (κ1) is 16.2. The van der Waals surface area contributed by atoms with Crippen LogP contribution in [0.25, 0.3) is 27.9 Å². The molecule has 0 unspecified atom stereocenters. The number of rotatable bonds is 4. The van der Waals surface area contributed by atoms with E-state index in [2.05, 4.69) is 20.4 Å². The molecule has 0 aromatic carbocycles. The average molecular weight is 363 g/mol. The highest BCUT2D eigenvalue weighted by atomic mass is 16.5. The van der Waals surface area contributed by atoms with Crippen LogP contribution < -0.4 is 5.32 Å². The Bertz CT molecular complexity index is 1140. The van der Waals surface area contributed by atoms with Gasteiger partial charge in [-0.2, -0.15) is 0 Å². The molecule has 0 aliphatic heterocycles. The smallest absolute Gasteiger partial charge is 0.241 e.